The van der Waals surface area contributed by atoms with Crippen molar-refractivity contribution < 1.29 is 24.2 Å². The van der Waals surface area contributed by atoms with Crippen molar-refractivity contribution >= 4 is 0 Å². The molecule has 0 amide bonds. The van der Waals surface area contributed by atoms with Gasteiger partial charge in [0.25, 0.3) is 0 Å². The lowest BCUT2D eigenvalue weighted by Crippen LogP contribution is -2.17. The summed E-state index contributed by atoms with van der Waals surface area (Å²) in [5.74, 6) is 1.35. The van der Waals surface area contributed by atoms with Crippen LogP contribution in [0.1, 0.15) is 5.56 Å². The quantitative estimate of drug-likeness (QED) is 0.567. The van der Waals surface area contributed by atoms with Gasteiger partial charge in [-0.15, -0.1) is 0 Å². The molecule has 1 aromatic rings. The fourth-order valence-corrected chi connectivity index (χ4v) is 1.44. The lowest BCUT2D eigenvalue weighted by atomic mass is 10.2. The van der Waals surface area contributed by atoms with Crippen molar-refractivity contribution in [3.05, 3.63) is 17.7 Å². The van der Waals surface area contributed by atoms with Crippen molar-refractivity contribution in [2.24, 2.45) is 0 Å². The topological polar surface area (TPSA) is 69.2 Å². The lowest BCUT2D eigenvalue weighted by molar-refractivity contribution is 0.00320. The Balaban J connectivity index is 1.88. The minimum absolute atomic E-state index is 0.150. The van der Waals surface area contributed by atoms with E-state index in [9.17, 15) is 5.11 Å². The number of aromatic hydroxyl groups is 1. The Kier molecular flexibility index (Phi) is 4.03. The Morgan fingerprint density at radius 2 is 2.06 bits per heavy atom. The number of hydroxylamine groups is 1. The summed E-state index contributed by atoms with van der Waals surface area (Å²) < 4.78 is 15.2. The molecule has 94 valence electrons. The number of rotatable bonds is 6. The average molecular weight is 241 g/mol. The van der Waals surface area contributed by atoms with Gasteiger partial charge in [-0.1, -0.05) is 0 Å². The summed E-state index contributed by atoms with van der Waals surface area (Å²) in [6.45, 7) is 1.53. The van der Waals surface area contributed by atoms with E-state index in [0.29, 0.717) is 36.8 Å². The molecule has 0 aliphatic carbocycles. The molecule has 0 radical (unpaired) electrons. The highest BCUT2D eigenvalue weighted by molar-refractivity contribution is 5.51. The van der Waals surface area contributed by atoms with Crippen molar-refractivity contribution in [1.82, 2.24) is 5.48 Å². The smallest absolute Gasteiger partial charge is 0.231 e. The van der Waals surface area contributed by atoms with Gasteiger partial charge in [-0.3, -0.25) is 4.84 Å². The minimum atomic E-state index is 0.150. The molecule has 0 fully saturated rings. The van der Waals surface area contributed by atoms with Gasteiger partial charge in [0, 0.05) is 25.3 Å². The molecule has 0 aromatic heterocycles. The Bertz CT molecular complexity index is 382. The molecule has 0 unspecified atom stereocenters. The average Bonchev–Trinajstić information content (AvgIpc) is 2.76. The summed E-state index contributed by atoms with van der Waals surface area (Å²) in [6, 6.07) is 3.26. The van der Waals surface area contributed by atoms with E-state index in [0.717, 1.165) is 0 Å². The van der Waals surface area contributed by atoms with Crippen LogP contribution in [-0.2, 0) is 16.1 Å². The van der Waals surface area contributed by atoms with Gasteiger partial charge in [-0.2, -0.15) is 5.48 Å². The second-order valence-corrected chi connectivity index (χ2v) is 3.50. The Labute approximate surface area is 99.0 Å². The molecule has 1 aliphatic rings. The summed E-state index contributed by atoms with van der Waals surface area (Å²) in [5, 5.41) is 9.72. The van der Waals surface area contributed by atoms with Gasteiger partial charge in [0.1, 0.15) is 5.75 Å². The van der Waals surface area contributed by atoms with E-state index in [2.05, 4.69) is 5.48 Å². The molecule has 0 saturated carbocycles. The highest BCUT2D eigenvalue weighted by atomic mass is 16.7. The van der Waals surface area contributed by atoms with E-state index in [4.69, 9.17) is 19.0 Å². The molecule has 0 bridgehead atoms. The highest BCUT2D eigenvalue weighted by Gasteiger charge is 2.16. The number of ether oxygens (including phenoxy) is 3. The second-order valence-electron chi connectivity index (χ2n) is 3.50. The summed E-state index contributed by atoms with van der Waals surface area (Å²) in [5.41, 5.74) is 3.42. The number of hydrogen-bond donors (Lipinski definition) is 2. The van der Waals surface area contributed by atoms with Gasteiger partial charge in [0.05, 0.1) is 13.2 Å². The number of fused-ring (bicyclic) bond motifs is 1. The fourth-order valence-electron chi connectivity index (χ4n) is 1.44. The third-order valence-corrected chi connectivity index (χ3v) is 2.33. The second kappa shape index (κ2) is 5.72. The monoisotopic (exact) mass is 241 g/mol. The summed E-state index contributed by atoms with van der Waals surface area (Å²) in [6.07, 6.45) is 0. The predicted molar refractivity (Wildman–Crippen MR) is 58.9 cm³/mol. The van der Waals surface area contributed by atoms with E-state index in [1.54, 1.807) is 13.2 Å². The zero-order chi connectivity index (χ0) is 12.1. The molecule has 1 heterocycles. The maximum absolute atomic E-state index is 9.72. The highest BCUT2D eigenvalue weighted by Crippen LogP contribution is 2.37. The Morgan fingerprint density at radius 1 is 1.29 bits per heavy atom. The van der Waals surface area contributed by atoms with Gasteiger partial charge in [0.2, 0.25) is 6.79 Å². The van der Waals surface area contributed by atoms with Crippen LogP contribution in [0.4, 0.5) is 0 Å². The van der Waals surface area contributed by atoms with Crippen molar-refractivity contribution in [3.63, 3.8) is 0 Å². The fraction of sp³-hybridized carbons (Fsp3) is 0.455. The van der Waals surface area contributed by atoms with Crippen LogP contribution in [0.5, 0.6) is 17.2 Å². The summed E-state index contributed by atoms with van der Waals surface area (Å²) >= 11 is 0. The number of phenols is 1. The first kappa shape index (κ1) is 12.0. The molecule has 6 heteroatoms. The predicted octanol–water partition coefficient (Wildman–Crippen LogP) is 0.788. The van der Waals surface area contributed by atoms with Crippen LogP contribution in [0.3, 0.4) is 0 Å². The van der Waals surface area contributed by atoms with Crippen LogP contribution in [0, 0.1) is 0 Å². The first-order chi connectivity index (χ1) is 8.31. The van der Waals surface area contributed by atoms with Crippen LogP contribution in [0.25, 0.3) is 0 Å². The first-order valence-corrected chi connectivity index (χ1v) is 5.26. The zero-order valence-electron chi connectivity index (χ0n) is 9.56. The molecule has 17 heavy (non-hydrogen) atoms. The largest absolute Gasteiger partial charge is 0.507 e. The Hall–Kier alpha value is -1.50. The van der Waals surface area contributed by atoms with E-state index < -0.39 is 0 Å². The van der Waals surface area contributed by atoms with Crippen molar-refractivity contribution in [2.45, 2.75) is 6.54 Å². The van der Waals surface area contributed by atoms with Crippen LogP contribution >= 0.6 is 0 Å². The van der Waals surface area contributed by atoms with Crippen LogP contribution in [0.2, 0.25) is 0 Å². The van der Waals surface area contributed by atoms with Crippen LogP contribution in [-0.4, -0.2) is 32.2 Å². The van der Waals surface area contributed by atoms with Crippen molar-refractivity contribution in [2.75, 3.05) is 27.1 Å². The maximum Gasteiger partial charge on any atom is 0.231 e. The molecule has 0 saturated heterocycles. The SMILES string of the molecule is COCCONCc1cc2c(cc1O)OCO2. The third-order valence-electron chi connectivity index (χ3n) is 2.33. The van der Waals surface area contributed by atoms with Gasteiger partial charge in [0.15, 0.2) is 11.5 Å². The minimum Gasteiger partial charge on any atom is -0.507 e. The zero-order valence-corrected chi connectivity index (χ0v) is 9.56. The number of methoxy groups -OCH3 is 1. The summed E-state index contributed by atoms with van der Waals surface area (Å²) in [4.78, 5) is 5.09. The van der Waals surface area contributed by atoms with Crippen molar-refractivity contribution in [1.29, 1.82) is 0 Å². The Morgan fingerprint density at radius 3 is 2.82 bits per heavy atom. The van der Waals surface area contributed by atoms with Crippen LogP contribution in [0.15, 0.2) is 12.1 Å². The number of benzene rings is 1. The lowest BCUT2D eigenvalue weighted by Gasteiger charge is -2.08. The maximum atomic E-state index is 9.72. The third kappa shape index (κ3) is 3.00. The molecule has 0 spiro atoms. The van der Waals surface area contributed by atoms with Gasteiger partial charge in [-0.05, 0) is 6.07 Å². The van der Waals surface area contributed by atoms with E-state index >= 15 is 0 Å². The molecule has 1 aliphatic heterocycles. The molecular weight excluding hydrogens is 226 g/mol. The number of hydrogen-bond acceptors (Lipinski definition) is 6. The van der Waals surface area contributed by atoms with Crippen LogP contribution < -0.4 is 15.0 Å². The normalized spacial score (nSPS) is 13.0. The van der Waals surface area contributed by atoms with Crippen molar-refractivity contribution in [3.8, 4) is 17.2 Å². The molecule has 0 atom stereocenters. The number of phenolic OH excluding ortho intramolecular Hbond substituents is 1. The molecule has 1 aromatic carbocycles. The van der Waals surface area contributed by atoms with E-state index in [1.807, 2.05) is 0 Å². The van der Waals surface area contributed by atoms with Gasteiger partial charge < -0.3 is 19.3 Å². The van der Waals surface area contributed by atoms with Gasteiger partial charge >= 0.3 is 0 Å². The van der Waals surface area contributed by atoms with E-state index in [1.165, 1.54) is 6.07 Å². The molecule has 2 rings (SSSR count). The van der Waals surface area contributed by atoms with Gasteiger partial charge in [-0.25, -0.2) is 0 Å². The first-order valence-electron chi connectivity index (χ1n) is 5.26. The number of nitrogens with one attached hydrogen (secondary N) is 1. The summed E-state index contributed by atoms with van der Waals surface area (Å²) in [7, 11) is 1.60. The molecule has 2 N–H and O–H groups in total. The molecular formula is C11H15NO5. The molecule has 6 nitrogen and oxygen atoms in total. The van der Waals surface area contributed by atoms with E-state index in [-0.39, 0.29) is 12.5 Å². The standard InChI is InChI=1S/C11H15NO5/c1-14-2-3-17-12-6-8-4-10-11(5-9(8)13)16-7-15-10/h4-5,12-13H,2-3,6-7H2,1H3.